The fourth-order valence-corrected chi connectivity index (χ4v) is 3.67. The smallest absolute Gasteiger partial charge is 0.223 e. The van der Waals surface area contributed by atoms with Crippen molar-refractivity contribution in [2.75, 3.05) is 6.54 Å². The molecule has 0 radical (unpaired) electrons. The molecule has 28 heavy (non-hydrogen) atoms. The minimum atomic E-state index is -0.255. The molecule has 0 bridgehead atoms. The highest BCUT2D eigenvalue weighted by Gasteiger charge is 2.32. The zero-order valence-corrected chi connectivity index (χ0v) is 16.9. The van der Waals surface area contributed by atoms with Crippen molar-refractivity contribution in [2.45, 2.75) is 38.8 Å². The molecule has 4 nitrogen and oxygen atoms in total. The van der Waals surface area contributed by atoms with E-state index >= 15 is 0 Å². The summed E-state index contributed by atoms with van der Waals surface area (Å²) in [6, 6.07) is 13.9. The average Bonchev–Trinajstić information content (AvgIpc) is 3.17. The molecule has 0 aliphatic heterocycles. The summed E-state index contributed by atoms with van der Waals surface area (Å²) >= 11 is 0. The van der Waals surface area contributed by atoms with Crippen LogP contribution in [0.1, 0.15) is 43.4 Å². The van der Waals surface area contributed by atoms with Crippen LogP contribution < -0.4 is 15.8 Å². The normalized spacial score (nSPS) is 19.5. The minimum Gasteiger partial charge on any atom is -0.489 e. The number of carbonyl (C=O) groups is 1. The van der Waals surface area contributed by atoms with Gasteiger partial charge in [-0.3, -0.25) is 4.79 Å². The molecule has 1 saturated carbocycles. The summed E-state index contributed by atoms with van der Waals surface area (Å²) in [6.45, 7) is 2.94. The lowest BCUT2D eigenvalue weighted by molar-refractivity contribution is -0.126. The Balaban J connectivity index is 0.00000280. The number of benzene rings is 2. The first-order chi connectivity index (χ1) is 13.1. The first-order valence-electron chi connectivity index (χ1n) is 9.54. The number of ether oxygens (including phenoxy) is 1. The fraction of sp³-hybridized carbons (Fsp3) is 0.409. The van der Waals surface area contributed by atoms with Crippen molar-refractivity contribution in [2.24, 2.45) is 17.6 Å². The summed E-state index contributed by atoms with van der Waals surface area (Å²) in [4.78, 5) is 12.5. The number of hydrogen-bond acceptors (Lipinski definition) is 3. The number of hydrogen-bond donors (Lipinski definition) is 2. The first-order valence-corrected chi connectivity index (χ1v) is 9.54. The van der Waals surface area contributed by atoms with E-state index in [1.165, 1.54) is 12.1 Å². The van der Waals surface area contributed by atoms with E-state index in [-0.39, 0.29) is 36.1 Å². The maximum Gasteiger partial charge on any atom is 0.223 e. The van der Waals surface area contributed by atoms with Crippen molar-refractivity contribution in [3.8, 4) is 5.75 Å². The molecule has 1 amide bonds. The summed E-state index contributed by atoms with van der Waals surface area (Å²) in [7, 11) is 0. The molecule has 3 N–H and O–H groups in total. The molecule has 1 aliphatic carbocycles. The van der Waals surface area contributed by atoms with E-state index in [0.29, 0.717) is 19.1 Å². The van der Waals surface area contributed by atoms with Crippen LogP contribution in [0.25, 0.3) is 0 Å². The third-order valence-electron chi connectivity index (χ3n) is 5.36. The Hall–Kier alpha value is -2.11. The molecule has 1 aliphatic rings. The van der Waals surface area contributed by atoms with Gasteiger partial charge in [0.15, 0.2) is 0 Å². The summed E-state index contributed by atoms with van der Waals surface area (Å²) in [5.41, 5.74) is 7.72. The van der Waals surface area contributed by atoms with E-state index < -0.39 is 0 Å². The van der Waals surface area contributed by atoms with E-state index in [4.69, 9.17) is 10.5 Å². The molecular formula is C22H28ClFN2O2. The zero-order chi connectivity index (χ0) is 19.2. The summed E-state index contributed by atoms with van der Waals surface area (Å²) in [5.74, 6) is 0.928. The van der Waals surface area contributed by atoms with Gasteiger partial charge in [-0.2, -0.15) is 0 Å². The Morgan fingerprint density at radius 1 is 1.18 bits per heavy atom. The van der Waals surface area contributed by atoms with Gasteiger partial charge in [0.1, 0.15) is 18.2 Å². The van der Waals surface area contributed by atoms with Gasteiger partial charge >= 0.3 is 0 Å². The second-order valence-corrected chi connectivity index (χ2v) is 7.25. The largest absolute Gasteiger partial charge is 0.489 e. The van der Waals surface area contributed by atoms with Gasteiger partial charge < -0.3 is 15.8 Å². The maximum atomic E-state index is 12.9. The van der Waals surface area contributed by atoms with Crippen LogP contribution >= 0.6 is 12.4 Å². The van der Waals surface area contributed by atoms with Crippen molar-refractivity contribution in [3.05, 3.63) is 65.5 Å². The lowest BCUT2D eigenvalue weighted by Crippen LogP contribution is -2.36. The van der Waals surface area contributed by atoms with Gasteiger partial charge in [0.05, 0.1) is 6.04 Å². The highest BCUT2D eigenvalue weighted by Crippen LogP contribution is 2.31. The Bertz CT molecular complexity index is 752. The monoisotopic (exact) mass is 406 g/mol. The van der Waals surface area contributed by atoms with Crippen LogP contribution in [-0.2, 0) is 11.4 Å². The lowest BCUT2D eigenvalue weighted by Gasteiger charge is -2.21. The second kappa shape index (κ2) is 10.4. The second-order valence-electron chi connectivity index (χ2n) is 7.25. The van der Waals surface area contributed by atoms with E-state index in [1.807, 2.05) is 31.2 Å². The van der Waals surface area contributed by atoms with Gasteiger partial charge in [-0.25, -0.2) is 4.39 Å². The van der Waals surface area contributed by atoms with Gasteiger partial charge in [-0.15, -0.1) is 12.4 Å². The number of nitrogens with two attached hydrogens (primary N) is 1. The molecule has 2 aromatic rings. The zero-order valence-electron chi connectivity index (χ0n) is 16.1. The molecule has 2 aromatic carbocycles. The third-order valence-corrected chi connectivity index (χ3v) is 5.36. The molecule has 0 spiro atoms. The van der Waals surface area contributed by atoms with Crippen molar-refractivity contribution in [3.63, 3.8) is 0 Å². The van der Waals surface area contributed by atoms with Crippen LogP contribution in [0.5, 0.6) is 5.75 Å². The Morgan fingerprint density at radius 2 is 1.86 bits per heavy atom. The Morgan fingerprint density at radius 3 is 2.50 bits per heavy atom. The van der Waals surface area contributed by atoms with Crippen LogP contribution in [0.3, 0.4) is 0 Å². The quantitative estimate of drug-likeness (QED) is 0.717. The third kappa shape index (κ3) is 5.69. The Kier molecular flexibility index (Phi) is 8.27. The standard InChI is InChI=1S/C22H27FN2O2.ClH/c1-15(25-22(26)21-4-2-3-18(21)13-24)17-7-11-20(12-8-17)27-14-16-5-9-19(23)10-6-16;/h5-12,15,18,21H,2-4,13-14,24H2,1H3,(H,25,26);1H/t15?,18-,21-;/m1./s1. The molecule has 0 heterocycles. The predicted octanol–water partition coefficient (Wildman–Crippen LogP) is 4.38. The number of amides is 1. The number of rotatable bonds is 7. The van der Waals surface area contributed by atoms with Crippen molar-refractivity contribution >= 4 is 18.3 Å². The molecule has 3 rings (SSSR count). The van der Waals surface area contributed by atoms with Crippen LogP contribution in [-0.4, -0.2) is 12.5 Å². The van der Waals surface area contributed by atoms with Gasteiger partial charge in [0.2, 0.25) is 5.91 Å². The molecule has 1 fully saturated rings. The van der Waals surface area contributed by atoms with Gasteiger partial charge in [0.25, 0.3) is 0 Å². The Labute approximate surface area is 172 Å². The highest BCUT2D eigenvalue weighted by molar-refractivity contribution is 5.85. The van der Waals surface area contributed by atoms with Crippen molar-refractivity contribution in [1.29, 1.82) is 0 Å². The molecule has 6 heteroatoms. The number of carbonyl (C=O) groups excluding carboxylic acids is 1. The molecule has 152 valence electrons. The lowest BCUT2D eigenvalue weighted by atomic mass is 9.94. The average molecular weight is 407 g/mol. The highest BCUT2D eigenvalue weighted by atomic mass is 35.5. The van der Waals surface area contributed by atoms with E-state index in [0.717, 1.165) is 36.1 Å². The van der Waals surface area contributed by atoms with Gasteiger partial charge in [0, 0.05) is 5.92 Å². The first kappa shape index (κ1) is 22.2. The van der Waals surface area contributed by atoms with Crippen LogP contribution in [0.15, 0.2) is 48.5 Å². The van der Waals surface area contributed by atoms with Gasteiger partial charge in [-0.05, 0) is 67.6 Å². The fourth-order valence-electron chi connectivity index (χ4n) is 3.67. The van der Waals surface area contributed by atoms with Gasteiger partial charge in [-0.1, -0.05) is 30.7 Å². The van der Waals surface area contributed by atoms with E-state index in [2.05, 4.69) is 5.32 Å². The molecule has 0 aromatic heterocycles. The summed E-state index contributed by atoms with van der Waals surface area (Å²) < 4.78 is 18.7. The van der Waals surface area contributed by atoms with Crippen LogP contribution in [0.4, 0.5) is 4.39 Å². The maximum absolute atomic E-state index is 12.9. The van der Waals surface area contributed by atoms with Crippen LogP contribution in [0, 0.1) is 17.7 Å². The molecule has 0 saturated heterocycles. The predicted molar refractivity (Wildman–Crippen MR) is 111 cm³/mol. The summed E-state index contributed by atoms with van der Waals surface area (Å²) in [6.07, 6.45) is 3.05. The van der Waals surface area contributed by atoms with E-state index in [9.17, 15) is 9.18 Å². The van der Waals surface area contributed by atoms with E-state index in [1.54, 1.807) is 12.1 Å². The SMILES string of the molecule is CC(NC(=O)[C@@H]1CCC[C@@H]1CN)c1ccc(OCc2ccc(F)cc2)cc1.Cl. The molecule has 1 unspecified atom stereocenters. The molecular weight excluding hydrogens is 379 g/mol. The van der Waals surface area contributed by atoms with Crippen molar-refractivity contribution < 1.29 is 13.9 Å². The van der Waals surface area contributed by atoms with Crippen molar-refractivity contribution in [1.82, 2.24) is 5.32 Å². The minimum absolute atomic E-state index is 0. The summed E-state index contributed by atoms with van der Waals surface area (Å²) in [5, 5.41) is 3.11. The number of nitrogens with one attached hydrogen (secondary N) is 1. The molecule has 3 atom stereocenters. The van der Waals surface area contributed by atoms with Crippen LogP contribution in [0.2, 0.25) is 0 Å². The number of halogens is 2. The topological polar surface area (TPSA) is 64.4 Å².